The number of hydrogen-bond donors (Lipinski definition) is 2. The van der Waals surface area contributed by atoms with Gasteiger partial charge in [0.2, 0.25) is 0 Å². The molecule has 0 heterocycles. The van der Waals surface area contributed by atoms with Crippen LogP contribution in [0, 0.1) is 11.6 Å². The topological polar surface area (TPSA) is 75.4 Å². The van der Waals surface area contributed by atoms with Gasteiger partial charge in [0, 0.05) is 46.5 Å². The molecule has 1 aliphatic rings. The van der Waals surface area contributed by atoms with Crippen molar-refractivity contribution in [2.24, 2.45) is 5.73 Å². The van der Waals surface area contributed by atoms with Gasteiger partial charge >= 0.3 is 0 Å². The Hall–Kier alpha value is -3.29. The first kappa shape index (κ1) is 24.8. The molecule has 3 N–H and O–H groups in total. The minimum absolute atomic E-state index is 0.0726. The standard InChI is InChI=1S/C27H26ClF2N3O2/c28-23-11-10-22(32-26(34)17-6-2-1-3-7-17)14-19(23)16-33(25-9-5-4-8-24(25)31)27(35)18-12-20(29)15-21(30)13-18/h1-3,6-7,10-15,24-25H,4-5,8-9,16,31H2,(H,32,34). The largest absolute Gasteiger partial charge is 0.330 e. The molecule has 3 aromatic rings. The van der Waals surface area contributed by atoms with Gasteiger partial charge in [0.25, 0.3) is 11.8 Å². The van der Waals surface area contributed by atoms with Crippen molar-refractivity contribution in [2.75, 3.05) is 5.32 Å². The van der Waals surface area contributed by atoms with E-state index >= 15 is 0 Å². The van der Waals surface area contributed by atoms with Crippen LogP contribution in [0.15, 0.2) is 66.7 Å². The molecule has 2 amide bonds. The number of nitrogens with zero attached hydrogens (tertiary/aromatic N) is 1. The molecule has 4 rings (SSSR count). The predicted octanol–water partition coefficient (Wildman–Crippen LogP) is 5.78. The van der Waals surface area contributed by atoms with Crippen molar-refractivity contribution >= 4 is 29.1 Å². The van der Waals surface area contributed by atoms with Gasteiger partial charge in [-0.1, -0.05) is 42.6 Å². The van der Waals surface area contributed by atoms with Crippen LogP contribution in [-0.2, 0) is 6.54 Å². The molecule has 0 saturated heterocycles. The van der Waals surface area contributed by atoms with Gasteiger partial charge in [0.05, 0.1) is 0 Å². The number of nitrogens with one attached hydrogen (secondary N) is 1. The van der Waals surface area contributed by atoms with Gasteiger partial charge in [-0.2, -0.15) is 0 Å². The quantitative estimate of drug-likeness (QED) is 0.453. The Morgan fingerprint density at radius 1 is 0.943 bits per heavy atom. The minimum atomic E-state index is -0.829. The fourth-order valence-corrected chi connectivity index (χ4v) is 4.64. The van der Waals surface area contributed by atoms with Gasteiger partial charge in [0.1, 0.15) is 11.6 Å². The van der Waals surface area contributed by atoms with E-state index in [1.165, 1.54) is 0 Å². The zero-order valence-corrected chi connectivity index (χ0v) is 19.8. The highest BCUT2D eigenvalue weighted by Crippen LogP contribution is 2.29. The zero-order chi connectivity index (χ0) is 24.9. The molecule has 0 aromatic heterocycles. The Kier molecular flexibility index (Phi) is 7.78. The molecular formula is C27H26ClF2N3O2. The lowest BCUT2D eigenvalue weighted by Gasteiger charge is -2.38. The number of rotatable bonds is 6. The summed E-state index contributed by atoms with van der Waals surface area (Å²) in [6.45, 7) is 0.0726. The Bertz CT molecular complexity index is 1200. The highest BCUT2D eigenvalue weighted by Gasteiger charge is 2.32. The molecular weight excluding hydrogens is 472 g/mol. The molecule has 1 aliphatic carbocycles. The first-order chi connectivity index (χ1) is 16.8. The number of anilines is 1. The third kappa shape index (κ3) is 6.05. The summed E-state index contributed by atoms with van der Waals surface area (Å²) in [4.78, 5) is 27.6. The monoisotopic (exact) mass is 497 g/mol. The van der Waals surface area contributed by atoms with Crippen molar-refractivity contribution in [1.29, 1.82) is 0 Å². The van der Waals surface area contributed by atoms with Crippen LogP contribution in [-0.4, -0.2) is 28.8 Å². The highest BCUT2D eigenvalue weighted by molar-refractivity contribution is 6.31. The SMILES string of the molecule is NC1CCCCC1N(Cc1cc(NC(=O)c2ccccc2)ccc1Cl)C(=O)c1cc(F)cc(F)c1. The second-order valence-corrected chi connectivity index (χ2v) is 9.14. The van der Waals surface area contributed by atoms with Crippen LogP contribution in [0.2, 0.25) is 5.02 Å². The second-order valence-electron chi connectivity index (χ2n) is 8.73. The molecule has 35 heavy (non-hydrogen) atoms. The molecule has 2 unspecified atom stereocenters. The average Bonchev–Trinajstić information content (AvgIpc) is 2.84. The summed E-state index contributed by atoms with van der Waals surface area (Å²) < 4.78 is 27.8. The maximum absolute atomic E-state index is 13.9. The molecule has 1 saturated carbocycles. The number of benzene rings is 3. The molecule has 0 radical (unpaired) electrons. The lowest BCUT2D eigenvalue weighted by atomic mass is 9.89. The number of hydrogen-bond acceptors (Lipinski definition) is 3. The summed E-state index contributed by atoms with van der Waals surface area (Å²) >= 11 is 6.47. The van der Waals surface area contributed by atoms with Gasteiger partial charge in [-0.15, -0.1) is 0 Å². The van der Waals surface area contributed by atoms with Crippen molar-refractivity contribution in [3.05, 3.63) is 100 Å². The van der Waals surface area contributed by atoms with E-state index in [-0.39, 0.29) is 30.1 Å². The number of nitrogens with two attached hydrogens (primary N) is 1. The van der Waals surface area contributed by atoms with Gasteiger partial charge in [-0.25, -0.2) is 8.78 Å². The van der Waals surface area contributed by atoms with Crippen LogP contribution in [0.4, 0.5) is 14.5 Å². The van der Waals surface area contributed by atoms with E-state index in [0.29, 0.717) is 28.3 Å². The Balaban J connectivity index is 1.64. The van der Waals surface area contributed by atoms with Crippen LogP contribution in [0.3, 0.4) is 0 Å². The average molecular weight is 498 g/mol. The molecule has 0 aliphatic heterocycles. The van der Waals surface area contributed by atoms with Gasteiger partial charge < -0.3 is 16.0 Å². The molecule has 5 nitrogen and oxygen atoms in total. The molecule has 0 spiro atoms. The van der Waals surface area contributed by atoms with Crippen molar-refractivity contribution in [2.45, 2.75) is 44.3 Å². The maximum atomic E-state index is 13.9. The molecule has 182 valence electrons. The van der Waals surface area contributed by atoms with E-state index in [4.69, 9.17) is 17.3 Å². The van der Waals surface area contributed by atoms with Gasteiger partial charge in [-0.05, 0) is 60.9 Å². The third-order valence-electron chi connectivity index (χ3n) is 6.23. The van der Waals surface area contributed by atoms with Gasteiger partial charge in [0.15, 0.2) is 0 Å². The van der Waals surface area contributed by atoms with Gasteiger partial charge in [-0.3, -0.25) is 9.59 Å². The Morgan fingerprint density at radius 2 is 1.63 bits per heavy atom. The van der Waals surface area contributed by atoms with E-state index in [9.17, 15) is 18.4 Å². The van der Waals surface area contributed by atoms with E-state index in [1.807, 2.05) is 6.07 Å². The van der Waals surface area contributed by atoms with Crippen LogP contribution < -0.4 is 11.1 Å². The van der Waals surface area contributed by atoms with E-state index in [1.54, 1.807) is 47.4 Å². The number of carbonyl (C=O) groups excluding carboxylic acids is 2. The van der Waals surface area contributed by atoms with Crippen LogP contribution in [0.1, 0.15) is 52.0 Å². The summed E-state index contributed by atoms with van der Waals surface area (Å²) in [5.74, 6) is -2.47. The van der Waals surface area contributed by atoms with Crippen LogP contribution in [0.5, 0.6) is 0 Å². The number of amides is 2. The first-order valence-corrected chi connectivity index (χ1v) is 11.9. The minimum Gasteiger partial charge on any atom is -0.330 e. The maximum Gasteiger partial charge on any atom is 0.255 e. The lowest BCUT2D eigenvalue weighted by molar-refractivity contribution is 0.0582. The predicted molar refractivity (Wildman–Crippen MR) is 132 cm³/mol. The molecule has 0 bridgehead atoms. The van der Waals surface area contributed by atoms with Crippen molar-refractivity contribution in [1.82, 2.24) is 4.90 Å². The van der Waals surface area contributed by atoms with Crippen molar-refractivity contribution < 1.29 is 18.4 Å². The fraction of sp³-hybridized carbons (Fsp3) is 0.259. The summed E-state index contributed by atoms with van der Waals surface area (Å²) in [5, 5.41) is 3.24. The highest BCUT2D eigenvalue weighted by atomic mass is 35.5. The lowest BCUT2D eigenvalue weighted by Crippen LogP contribution is -2.51. The van der Waals surface area contributed by atoms with Crippen LogP contribution in [0.25, 0.3) is 0 Å². The summed E-state index contributed by atoms with van der Waals surface area (Å²) in [5.41, 5.74) is 7.88. The van der Waals surface area contributed by atoms with Crippen molar-refractivity contribution in [3.63, 3.8) is 0 Å². The molecule has 3 aromatic carbocycles. The smallest absolute Gasteiger partial charge is 0.255 e. The summed E-state index contributed by atoms with van der Waals surface area (Å²) in [6, 6.07) is 16.0. The summed E-state index contributed by atoms with van der Waals surface area (Å²) in [7, 11) is 0. The molecule has 2 atom stereocenters. The van der Waals surface area contributed by atoms with E-state index in [0.717, 1.165) is 37.5 Å². The zero-order valence-electron chi connectivity index (χ0n) is 19.0. The number of halogens is 3. The van der Waals surface area contributed by atoms with E-state index < -0.39 is 17.5 Å². The van der Waals surface area contributed by atoms with Crippen LogP contribution >= 0.6 is 11.6 Å². The Morgan fingerprint density at radius 3 is 2.31 bits per heavy atom. The van der Waals surface area contributed by atoms with E-state index in [2.05, 4.69) is 5.32 Å². The second kappa shape index (κ2) is 11.0. The Labute approximate surface area is 207 Å². The normalized spacial score (nSPS) is 17.6. The fourth-order valence-electron chi connectivity index (χ4n) is 4.46. The van der Waals surface area contributed by atoms with Crippen molar-refractivity contribution in [3.8, 4) is 0 Å². The summed E-state index contributed by atoms with van der Waals surface area (Å²) in [6.07, 6.45) is 3.26. The number of carbonyl (C=O) groups is 2. The third-order valence-corrected chi connectivity index (χ3v) is 6.60. The molecule has 8 heteroatoms. The first-order valence-electron chi connectivity index (χ1n) is 11.5. The molecule has 1 fully saturated rings.